The first kappa shape index (κ1) is 21.4. The van der Waals surface area contributed by atoms with Crippen molar-refractivity contribution in [3.63, 3.8) is 0 Å². The number of halogens is 1. The van der Waals surface area contributed by atoms with E-state index in [1.165, 1.54) is 12.1 Å². The highest BCUT2D eigenvalue weighted by Gasteiger charge is 2.50. The molecule has 1 spiro atoms. The first-order valence-electron chi connectivity index (χ1n) is 11.5. The van der Waals surface area contributed by atoms with Crippen LogP contribution in [0.1, 0.15) is 53.1 Å². The molecule has 2 atom stereocenters. The number of nitrogens with one attached hydrogen (secondary N) is 1. The van der Waals surface area contributed by atoms with Gasteiger partial charge in [-0.25, -0.2) is 4.39 Å². The van der Waals surface area contributed by atoms with Crippen molar-refractivity contribution in [3.8, 4) is 0 Å². The van der Waals surface area contributed by atoms with E-state index < -0.39 is 5.54 Å². The van der Waals surface area contributed by atoms with Crippen LogP contribution in [0.2, 0.25) is 0 Å². The van der Waals surface area contributed by atoms with Gasteiger partial charge in [0, 0.05) is 43.4 Å². The van der Waals surface area contributed by atoms with Gasteiger partial charge in [-0.15, -0.1) is 0 Å². The molecule has 0 saturated carbocycles. The highest BCUT2D eigenvalue weighted by atomic mass is 19.1. The number of carbonyl (C=O) groups is 2. The number of rotatable bonds is 4. The lowest BCUT2D eigenvalue weighted by atomic mass is 9.79. The molecule has 2 aliphatic rings. The van der Waals surface area contributed by atoms with Crippen LogP contribution in [-0.2, 0) is 11.3 Å². The van der Waals surface area contributed by atoms with E-state index in [0.29, 0.717) is 31.6 Å². The van der Waals surface area contributed by atoms with Gasteiger partial charge in [-0.3, -0.25) is 14.3 Å². The summed E-state index contributed by atoms with van der Waals surface area (Å²) in [7, 11) is 0. The molecule has 1 N–H and O–H groups in total. The summed E-state index contributed by atoms with van der Waals surface area (Å²) in [6.45, 7) is 1.42. The van der Waals surface area contributed by atoms with Gasteiger partial charge in [0.2, 0.25) is 5.91 Å². The Hall–Kier alpha value is -3.48. The monoisotopic (exact) mass is 446 g/mol. The second kappa shape index (κ2) is 8.81. The van der Waals surface area contributed by atoms with Gasteiger partial charge in [0.25, 0.3) is 5.91 Å². The van der Waals surface area contributed by atoms with E-state index in [4.69, 9.17) is 0 Å². The van der Waals surface area contributed by atoms with Crippen LogP contribution in [0.15, 0.2) is 67.0 Å². The Morgan fingerprint density at radius 2 is 1.94 bits per heavy atom. The van der Waals surface area contributed by atoms with Crippen LogP contribution >= 0.6 is 0 Å². The van der Waals surface area contributed by atoms with Crippen molar-refractivity contribution >= 4 is 11.8 Å². The topological polar surface area (TPSA) is 67.2 Å². The molecule has 7 heteroatoms. The molecular weight excluding hydrogens is 419 g/mol. The Labute approximate surface area is 192 Å². The van der Waals surface area contributed by atoms with Crippen LogP contribution < -0.4 is 5.32 Å². The van der Waals surface area contributed by atoms with E-state index in [-0.39, 0.29) is 23.5 Å². The van der Waals surface area contributed by atoms with Crippen molar-refractivity contribution in [2.75, 3.05) is 13.1 Å². The van der Waals surface area contributed by atoms with Crippen molar-refractivity contribution in [2.45, 2.75) is 43.7 Å². The van der Waals surface area contributed by atoms with Crippen molar-refractivity contribution < 1.29 is 14.0 Å². The molecular formula is C26H27FN4O2. The number of benzene rings is 2. The standard InChI is InChI=1S/C26H27FN4O2/c27-21-11-9-19(10-12-21)23-17-30(18-26(23)13-4-3-8-24(32)29-26)25(33)22-7-2-1-6-20(22)16-31-15-5-14-28-31/h1-2,5-7,9-12,14-15,23H,3-4,8,13,16-18H2,(H,29,32)/t23-,26+/m0/s1. The smallest absolute Gasteiger partial charge is 0.254 e. The zero-order valence-electron chi connectivity index (χ0n) is 18.4. The minimum atomic E-state index is -0.544. The number of likely N-dealkylation sites (tertiary alicyclic amines) is 1. The van der Waals surface area contributed by atoms with Crippen LogP contribution in [0.25, 0.3) is 0 Å². The lowest BCUT2D eigenvalue weighted by Gasteiger charge is -2.34. The Morgan fingerprint density at radius 3 is 2.73 bits per heavy atom. The van der Waals surface area contributed by atoms with E-state index in [1.807, 2.05) is 41.4 Å². The van der Waals surface area contributed by atoms with Crippen LogP contribution in [0.5, 0.6) is 0 Å². The largest absolute Gasteiger partial charge is 0.348 e. The molecule has 33 heavy (non-hydrogen) atoms. The highest BCUT2D eigenvalue weighted by Crippen LogP contribution is 2.41. The first-order valence-corrected chi connectivity index (χ1v) is 11.5. The second-order valence-electron chi connectivity index (χ2n) is 9.06. The number of hydrogen-bond acceptors (Lipinski definition) is 3. The molecule has 0 bridgehead atoms. The molecule has 3 aromatic rings. The Balaban J connectivity index is 1.47. The van der Waals surface area contributed by atoms with E-state index >= 15 is 0 Å². The minimum Gasteiger partial charge on any atom is -0.348 e. The number of nitrogens with zero attached hydrogens (tertiary/aromatic N) is 3. The average Bonchev–Trinajstić information content (AvgIpc) is 3.41. The third-order valence-electron chi connectivity index (χ3n) is 6.91. The molecule has 2 fully saturated rings. The summed E-state index contributed by atoms with van der Waals surface area (Å²) in [5.41, 5.74) is 1.94. The van der Waals surface area contributed by atoms with Crippen LogP contribution in [-0.4, -0.2) is 45.1 Å². The van der Waals surface area contributed by atoms with Gasteiger partial charge in [0.1, 0.15) is 5.82 Å². The summed E-state index contributed by atoms with van der Waals surface area (Å²) in [4.78, 5) is 28.2. The molecule has 3 heterocycles. The van der Waals surface area contributed by atoms with E-state index in [2.05, 4.69) is 10.4 Å². The molecule has 2 amide bonds. The molecule has 5 rings (SSSR count). The fraction of sp³-hybridized carbons (Fsp3) is 0.346. The maximum absolute atomic E-state index is 13.7. The van der Waals surface area contributed by atoms with Crippen molar-refractivity contribution in [3.05, 3.63) is 89.5 Å². The lowest BCUT2D eigenvalue weighted by molar-refractivity contribution is -0.122. The normalized spacial score (nSPS) is 22.9. The molecule has 2 aromatic carbocycles. The third kappa shape index (κ3) is 4.27. The van der Waals surface area contributed by atoms with Crippen molar-refractivity contribution in [2.24, 2.45) is 0 Å². The van der Waals surface area contributed by atoms with Gasteiger partial charge in [0.05, 0.1) is 12.1 Å². The van der Waals surface area contributed by atoms with E-state index in [1.54, 1.807) is 23.0 Å². The maximum Gasteiger partial charge on any atom is 0.254 e. The molecule has 1 aromatic heterocycles. The molecule has 2 aliphatic heterocycles. The summed E-state index contributed by atoms with van der Waals surface area (Å²) in [5, 5.41) is 7.53. The number of amides is 2. The fourth-order valence-electron chi connectivity index (χ4n) is 5.30. The predicted molar refractivity (Wildman–Crippen MR) is 122 cm³/mol. The fourth-order valence-corrected chi connectivity index (χ4v) is 5.30. The summed E-state index contributed by atoms with van der Waals surface area (Å²) in [6.07, 6.45) is 6.63. The van der Waals surface area contributed by atoms with Crippen LogP contribution in [0.4, 0.5) is 4.39 Å². The quantitative estimate of drug-likeness (QED) is 0.664. The molecule has 170 valence electrons. The molecule has 0 aliphatic carbocycles. The first-order chi connectivity index (χ1) is 16.0. The molecule has 0 unspecified atom stereocenters. The molecule has 6 nitrogen and oxygen atoms in total. The minimum absolute atomic E-state index is 0.0213. The zero-order chi connectivity index (χ0) is 22.8. The van der Waals surface area contributed by atoms with E-state index in [9.17, 15) is 14.0 Å². The summed E-state index contributed by atoms with van der Waals surface area (Å²) >= 11 is 0. The summed E-state index contributed by atoms with van der Waals surface area (Å²) in [6, 6.07) is 15.9. The third-order valence-corrected chi connectivity index (χ3v) is 6.91. The molecule has 0 radical (unpaired) electrons. The van der Waals surface area contributed by atoms with Gasteiger partial charge >= 0.3 is 0 Å². The van der Waals surface area contributed by atoms with Gasteiger partial charge < -0.3 is 10.2 Å². The zero-order valence-corrected chi connectivity index (χ0v) is 18.4. The Morgan fingerprint density at radius 1 is 1.12 bits per heavy atom. The Kier molecular flexibility index (Phi) is 5.70. The van der Waals surface area contributed by atoms with Crippen LogP contribution in [0, 0.1) is 5.82 Å². The van der Waals surface area contributed by atoms with Crippen LogP contribution in [0.3, 0.4) is 0 Å². The van der Waals surface area contributed by atoms with Gasteiger partial charge in [-0.05, 0) is 48.2 Å². The highest BCUT2D eigenvalue weighted by molar-refractivity contribution is 5.96. The number of hydrogen-bond donors (Lipinski definition) is 1. The van der Waals surface area contributed by atoms with E-state index in [0.717, 1.165) is 30.4 Å². The lowest BCUT2D eigenvalue weighted by Crippen LogP contribution is -2.52. The molecule has 2 saturated heterocycles. The second-order valence-corrected chi connectivity index (χ2v) is 9.06. The number of carbonyl (C=O) groups excluding carboxylic acids is 2. The van der Waals surface area contributed by atoms with Gasteiger partial charge in [-0.1, -0.05) is 36.8 Å². The van der Waals surface area contributed by atoms with Gasteiger partial charge in [-0.2, -0.15) is 5.10 Å². The summed E-state index contributed by atoms with van der Waals surface area (Å²) in [5.74, 6) is -0.424. The SMILES string of the molecule is O=C1CCCC[C@]2(CN(C(=O)c3ccccc3Cn3cccn3)C[C@H]2c2ccc(F)cc2)N1. The van der Waals surface area contributed by atoms with Crippen molar-refractivity contribution in [1.29, 1.82) is 0 Å². The van der Waals surface area contributed by atoms with Crippen molar-refractivity contribution in [1.82, 2.24) is 20.0 Å². The maximum atomic E-state index is 13.7. The Bertz CT molecular complexity index is 1150. The summed E-state index contributed by atoms with van der Waals surface area (Å²) < 4.78 is 15.4. The number of aromatic nitrogens is 2. The predicted octanol–water partition coefficient (Wildman–Crippen LogP) is 3.74. The average molecular weight is 447 g/mol. The van der Waals surface area contributed by atoms with Gasteiger partial charge in [0.15, 0.2) is 0 Å².